The fraction of sp³-hybridized carbons (Fsp3) is 0.600. The average Bonchev–Trinajstić information content (AvgIpc) is 2.19. The average molecular weight is 193 g/mol. The minimum atomic E-state index is 0.0735. The number of aryl methyl sites for hydroxylation is 1. The maximum Gasteiger partial charge on any atom is 0.253 e. The molecule has 1 aliphatic rings. The van der Waals surface area contributed by atoms with Crippen molar-refractivity contribution < 1.29 is 0 Å². The molecule has 4 nitrogen and oxygen atoms in total. The summed E-state index contributed by atoms with van der Waals surface area (Å²) in [5.41, 5.74) is 0.865. The maximum atomic E-state index is 11.6. The lowest BCUT2D eigenvalue weighted by Gasteiger charge is -2.24. The van der Waals surface area contributed by atoms with E-state index in [1.807, 2.05) is 6.92 Å². The molecule has 4 heteroatoms. The standard InChI is InChI=1S/C10H15N3O/c1-8-6-10(14)13(7-12-8)9-2-4-11-5-3-9/h6-7,9,11H,2-5H2,1H3. The zero-order valence-electron chi connectivity index (χ0n) is 8.36. The van der Waals surface area contributed by atoms with Gasteiger partial charge in [0.05, 0.1) is 6.33 Å². The van der Waals surface area contributed by atoms with E-state index in [9.17, 15) is 4.79 Å². The van der Waals surface area contributed by atoms with Gasteiger partial charge in [0.2, 0.25) is 0 Å². The summed E-state index contributed by atoms with van der Waals surface area (Å²) in [4.78, 5) is 15.8. The number of hydrogen-bond acceptors (Lipinski definition) is 3. The van der Waals surface area contributed by atoms with E-state index in [1.54, 1.807) is 17.0 Å². The lowest BCUT2D eigenvalue weighted by Crippen LogP contribution is -2.34. The van der Waals surface area contributed by atoms with Crippen LogP contribution < -0.4 is 10.9 Å². The van der Waals surface area contributed by atoms with Crippen LogP contribution in [0, 0.1) is 6.92 Å². The molecule has 0 saturated carbocycles. The minimum Gasteiger partial charge on any atom is -0.317 e. The molecule has 1 N–H and O–H groups in total. The van der Waals surface area contributed by atoms with Crippen LogP contribution in [0.1, 0.15) is 24.6 Å². The zero-order chi connectivity index (χ0) is 9.97. The normalized spacial score (nSPS) is 18.4. The molecule has 1 fully saturated rings. The second kappa shape index (κ2) is 3.92. The number of nitrogens with one attached hydrogen (secondary N) is 1. The van der Waals surface area contributed by atoms with Crippen molar-refractivity contribution >= 4 is 0 Å². The van der Waals surface area contributed by atoms with Gasteiger partial charge in [0.15, 0.2) is 0 Å². The Labute approximate surface area is 83.0 Å². The van der Waals surface area contributed by atoms with Crippen LogP contribution in [0.15, 0.2) is 17.2 Å². The third kappa shape index (κ3) is 1.85. The highest BCUT2D eigenvalue weighted by atomic mass is 16.1. The molecule has 14 heavy (non-hydrogen) atoms. The van der Waals surface area contributed by atoms with Crippen molar-refractivity contribution in [3.63, 3.8) is 0 Å². The quantitative estimate of drug-likeness (QED) is 0.705. The van der Waals surface area contributed by atoms with Gasteiger partial charge in [-0.2, -0.15) is 0 Å². The second-order valence-electron chi connectivity index (χ2n) is 3.76. The van der Waals surface area contributed by atoms with Gasteiger partial charge >= 0.3 is 0 Å². The van der Waals surface area contributed by atoms with Gasteiger partial charge in [0.1, 0.15) is 0 Å². The Kier molecular flexibility index (Phi) is 2.63. The molecule has 0 bridgehead atoms. The summed E-state index contributed by atoms with van der Waals surface area (Å²) in [5.74, 6) is 0. The molecular formula is C10H15N3O. The van der Waals surface area contributed by atoms with Crippen molar-refractivity contribution in [3.05, 3.63) is 28.4 Å². The summed E-state index contributed by atoms with van der Waals surface area (Å²) < 4.78 is 1.76. The first-order valence-electron chi connectivity index (χ1n) is 5.03. The monoisotopic (exact) mass is 193 g/mol. The molecule has 0 unspecified atom stereocenters. The van der Waals surface area contributed by atoms with Gasteiger partial charge in [0, 0.05) is 17.8 Å². The van der Waals surface area contributed by atoms with Crippen molar-refractivity contribution in [1.82, 2.24) is 14.9 Å². The molecule has 2 rings (SSSR count). The fourth-order valence-electron chi connectivity index (χ4n) is 1.86. The number of aromatic nitrogens is 2. The summed E-state index contributed by atoms with van der Waals surface area (Å²) in [5, 5.41) is 3.28. The Hall–Kier alpha value is -1.16. The van der Waals surface area contributed by atoms with E-state index in [-0.39, 0.29) is 5.56 Å². The first-order valence-corrected chi connectivity index (χ1v) is 5.03. The van der Waals surface area contributed by atoms with Crippen LogP contribution >= 0.6 is 0 Å². The Bertz CT molecular complexity index is 366. The molecule has 0 aliphatic carbocycles. The highest BCUT2D eigenvalue weighted by Gasteiger charge is 2.15. The predicted molar refractivity (Wildman–Crippen MR) is 54.4 cm³/mol. The van der Waals surface area contributed by atoms with Crippen LogP contribution in [0.5, 0.6) is 0 Å². The Morgan fingerprint density at radius 1 is 1.50 bits per heavy atom. The largest absolute Gasteiger partial charge is 0.317 e. The molecule has 2 heterocycles. The van der Waals surface area contributed by atoms with Crippen molar-refractivity contribution in [1.29, 1.82) is 0 Å². The van der Waals surface area contributed by atoms with Gasteiger partial charge in [-0.25, -0.2) is 4.98 Å². The molecule has 76 valence electrons. The minimum absolute atomic E-state index is 0.0735. The lowest BCUT2D eigenvalue weighted by atomic mass is 10.1. The molecule has 0 amide bonds. The van der Waals surface area contributed by atoms with Gasteiger partial charge in [0.25, 0.3) is 5.56 Å². The summed E-state index contributed by atoms with van der Waals surface area (Å²) in [6, 6.07) is 1.93. The highest BCUT2D eigenvalue weighted by Crippen LogP contribution is 2.15. The summed E-state index contributed by atoms with van der Waals surface area (Å²) >= 11 is 0. The molecule has 1 saturated heterocycles. The number of hydrogen-bond donors (Lipinski definition) is 1. The maximum absolute atomic E-state index is 11.6. The van der Waals surface area contributed by atoms with E-state index in [0.717, 1.165) is 31.6 Å². The van der Waals surface area contributed by atoms with Gasteiger partial charge < -0.3 is 5.32 Å². The van der Waals surface area contributed by atoms with Gasteiger partial charge in [-0.15, -0.1) is 0 Å². The number of rotatable bonds is 1. The van der Waals surface area contributed by atoms with Gasteiger partial charge in [-0.1, -0.05) is 0 Å². The zero-order valence-corrected chi connectivity index (χ0v) is 8.36. The van der Waals surface area contributed by atoms with Gasteiger partial charge in [-0.3, -0.25) is 9.36 Å². The summed E-state index contributed by atoms with van der Waals surface area (Å²) in [6.45, 7) is 3.82. The summed E-state index contributed by atoms with van der Waals surface area (Å²) in [7, 11) is 0. The molecule has 1 aromatic heterocycles. The molecule has 0 spiro atoms. The Morgan fingerprint density at radius 2 is 2.21 bits per heavy atom. The number of piperidine rings is 1. The molecule has 0 aromatic carbocycles. The molecule has 1 aliphatic heterocycles. The van der Waals surface area contributed by atoms with E-state index < -0.39 is 0 Å². The van der Waals surface area contributed by atoms with Gasteiger partial charge in [-0.05, 0) is 32.9 Å². The van der Waals surface area contributed by atoms with Crippen LogP contribution in [-0.2, 0) is 0 Å². The second-order valence-corrected chi connectivity index (χ2v) is 3.76. The number of nitrogens with zero attached hydrogens (tertiary/aromatic N) is 2. The van der Waals surface area contributed by atoms with Crippen molar-refractivity contribution in [2.45, 2.75) is 25.8 Å². The van der Waals surface area contributed by atoms with Crippen LogP contribution in [0.3, 0.4) is 0 Å². The third-order valence-corrected chi connectivity index (χ3v) is 2.67. The lowest BCUT2D eigenvalue weighted by molar-refractivity contribution is 0.357. The predicted octanol–water partition coefficient (Wildman–Crippen LogP) is 0.476. The molecule has 0 atom stereocenters. The Morgan fingerprint density at radius 3 is 2.86 bits per heavy atom. The SMILES string of the molecule is Cc1cc(=O)n(C2CCNCC2)cn1. The topological polar surface area (TPSA) is 46.9 Å². The first kappa shape index (κ1) is 9.40. The van der Waals surface area contributed by atoms with Crippen molar-refractivity contribution in [3.8, 4) is 0 Å². The molecule has 0 radical (unpaired) electrons. The molecule has 1 aromatic rings. The van der Waals surface area contributed by atoms with E-state index in [1.165, 1.54) is 0 Å². The van der Waals surface area contributed by atoms with E-state index in [0.29, 0.717) is 6.04 Å². The van der Waals surface area contributed by atoms with Crippen molar-refractivity contribution in [2.24, 2.45) is 0 Å². The van der Waals surface area contributed by atoms with E-state index in [4.69, 9.17) is 0 Å². The smallest absolute Gasteiger partial charge is 0.253 e. The highest BCUT2D eigenvalue weighted by molar-refractivity contribution is 4.97. The van der Waals surface area contributed by atoms with E-state index >= 15 is 0 Å². The van der Waals surface area contributed by atoms with Crippen LogP contribution in [0.25, 0.3) is 0 Å². The van der Waals surface area contributed by atoms with Crippen LogP contribution in [0.2, 0.25) is 0 Å². The summed E-state index contributed by atoms with van der Waals surface area (Å²) in [6.07, 6.45) is 3.71. The van der Waals surface area contributed by atoms with Crippen LogP contribution in [-0.4, -0.2) is 22.6 Å². The molecular weight excluding hydrogens is 178 g/mol. The van der Waals surface area contributed by atoms with Crippen molar-refractivity contribution in [2.75, 3.05) is 13.1 Å². The first-order chi connectivity index (χ1) is 6.77. The fourth-order valence-corrected chi connectivity index (χ4v) is 1.86. The van der Waals surface area contributed by atoms with E-state index in [2.05, 4.69) is 10.3 Å². The third-order valence-electron chi connectivity index (χ3n) is 2.67. The van der Waals surface area contributed by atoms with Crippen LogP contribution in [0.4, 0.5) is 0 Å². The Balaban J connectivity index is 2.26.